The smallest absolute Gasteiger partial charge is 0.330 e. The van der Waals surface area contributed by atoms with Crippen LogP contribution in [0.5, 0.6) is 5.75 Å². The Bertz CT molecular complexity index is 465. The largest absolute Gasteiger partial charge is 0.468 e. The minimum atomic E-state index is -0.292. The molecule has 0 amide bonds. The first-order valence-electron chi connectivity index (χ1n) is 8.26. The quantitative estimate of drug-likeness (QED) is 0.343. The van der Waals surface area contributed by atoms with Gasteiger partial charge in [-0.1, -0.05) is 45.2 Å². The monoisotopic (exact) mass is 320 g/mol. The van der Waals surface area contributed by atoms with Crippen molar-refractivity contribution >= 4 is 12.0 Å². The van der Waals surface area contributed by atoms with E-state index in [2.05, 4.69) is 13.8 Å². The average Bonchev–Trinajstić information content (AvgIpc) is 2.59. The Hall–Kier alpha value is -1.81. The number of carbonyl (C=O) groups is 1. The van der Waals surface area contributed by atoms with Crippen molar-refractivity contribution < 1.29 is 19.0 Å². The maximum Gasteiger partial charge on any atom is 0.330 e. The van der Waals surface area contributed by atoms with E-state index in [4.69, 9.17) is 14.2 Å². The van der Waals surface area contributed by atoms with E-state index in [1.165, 1.54) is 18.9 Å². The molecule has 1 atom stereocenters. The first kappa shape index (κ1) is 19.2. The summed E-state index contributed by atoms with van der Waals surface area (Å²) in [6.45, 7) is 5.03. The standard InChI is InChI=1S/C19H28O4/c1-4-6-7-16(5-2)14-22-19(20)13-10-17-8-11-18(12-9-17)23-15-21-3/h8-13,16H,4-7,14-15H2,1-3H3/b13-10+. The zero-order valence-corrected chi connectivity index (χ0v) is 14.4. The number of hydrogen-bond acceptors (Lipinski definition) is 4. The van der Waals surface area contributed by atoms with Crippen LogP contribution in [0.1, 0.15) is 45.1 Å². The van der Waals surface area contributed by atoms with Gasteiger partial charge in [0, 0.05) is 13.2 Å². The SMILES string of the molecule is CCCCC(CC)COC(=O)/C=C/c1ccc(OCOC)cc1. The van der Waals surface area contributed by atoms with Crippen LogP contribution >= 0.6 is 0 Å². The summed E-state index contributed by atoms with van der Waals surface area (Å²) >= 11 is 0. The van der Waals surface area contributed by atoms with Gasteiger partial charge < -0.3 is 14.2 Å². The van der Waals surface area contributed by atoms with Crippen molar-refractivity contribution in [3.8, 4) is 5.75 Å². The van der Waals surface area contributed by atoms with Gasteiger partial charge >= 0.3 is 5.97 Å². The fourth-order valence-corrected chi connectivity index (χ4v) is 2.11. The van der Waals surface area contributed by atoms with Crippen molar-refractivity contribution in [3.63, 3.8) is 0 Å². The van der Waals surface area contributed by atoms with Crippen molar-refractivity contribution in [2.45, 2.75) is 39.5 Å². The van der Waals surface area contributed by atoms with Crippen LogP contribution in [0.2, 0.25) is 0 Å². The Kier molecular flexibility index (Phi) is 9.80. The minimum absolute atomic E-state index is 0.220. The molecule has 0 radical (unpaired) electrons. The van der Waals surface area contributed by atoms with Crippen molar-refractivity contribution in [2.75, 3.05) is 20.5 Å². The summed E-state index contributed by atoms with van der Waals surface area (Å²) in [5.74, 6) is 0.900. The van der Waals surface area contributed by atoms with Crippen LogP contribution < -0.4 is 4.74 Å². The van der Waals surface area contributed by atoms with Crippen molar-refractivity contribution in [3.05, 3.63) is 35.9 Å². The third-order valence-corrected chi connectivity index (χ3v) is 3.64. The molecule has 128 valence electrons. The van der Waals surface area contributed by atoms with E-state index in [0.29, 0.717) is 12.5 Å². The van der Waals surface area contributed by atoms with Gasteiger partial charge in [0.2, 0.25) is 0 Å². The van der Waals surface area contributed by atoms with Gasteiger partial charge in [0.25, 0.3) is 0 Å². The van der Waals surface area contributed by atoms with E-state index in [0.717, 1.165) is 24.2 Å². The molecule has 0 aromatic heterocycles. The predicted octanol–water partition coefficient (Wildman–Crippen LogP) is 4.44. The van der Waals surface area contributed by atoms with Gasteiger partial charge in [-0.3, -0.25) is 0 Å². The normalized spacial score (nSPS) is 12.3. The number of methoxy groups -OCH3 is 1. The van der Waals surface area contributed by atoms with Gasteiger partial charge in [-0.2, -0.15) is 0 Å². The van der Waals surface area contributed by atoms with E-state index >= 15 is 0 Å². The number of esters is 1. The van der Waals surface area contributed by atoms with Crippen LogP contribution in [-0.2, 0) is 14.3 Å². The molecule has 1 rings (SSSR count). The minimum Gasteiger partial charge on any atom is -0.468 e. The molecular formula is C19H28O4. The lowest BCUT2D eigenvalue weighted by atomic mass is 10.0. The molecule has 1 unspecified atom stereocenters. The number of carbonyl (C=O) groups excluding carboxylic acids is 1. The number of hydrogen-bond donors (Lipinski definition) is 0. The second-order valence-corrected chi connectivity index (χ2v) is 5.50. The lowest BCUT2D eigenvalue weighted by Crippen LogP contribution is -2.12. The molecule has 23 heavy (non-hydrogen) atoms. The van der Waals surface area contributed by atoms with Gasteiger partial charge in [0.15, 0.2) is 6.79 Å². The average molecular weight is 320 g/mol. The summed E-state index contributed by atoms with van der Waals surface area (Å²) in [4.78, 5) is 11.8. The van der Waals surface area contributed by atoms with E-state index in [9.17, 15) is 4.79 Å². The van der Waals surface area contributed by atoms with Crippen LogP contribution in [0.25, 0.3) is 6.08 Å². The van der Waals surface area contributed by atoms with E-state index in [-0.39, 0.29) is 12.8 Å². The fourth-order valence-electron chi connectivity index (χ4n) is 2.11. The Balaban J connectivity index is 2.39. The van der Waals surface area contributed by atoms with E-state index < -0.39 is 0 Å². The number of benzene rings is 1. The second kappa shape index (κ2) is 11.7. The summed E-state index contributed by atoms with van der Waals surface area (Å²) in [6, 6.07) is 7.43. The molecule has 0 heterocycles. The summed E-state index contributed by atoms with van der Waals surface area (Å²) in [5.41, 5.74) is 0.921. The Morgan fingerprint density at radius 3 is 2.57 bits per heavy atom. The number of ether oxygens (including phenoxy) is 3. The van der Waals surface area contributed by atoms with Gasteiger partial charge in [0.05, 0.1) is 6.61 Å². The van der Waals surface area contributed by atoms with Crippen molar-refractivity contribution in [1.29, 1.82) is 0 Å². The van der Waals surface area contributed by atoms with Crippen molar-refractivity contribution in [1.82, 2.24) is 0 Å². The molecule has 0 saturated carbocycles. The number of rotatable bonds is 11. The molecular weight excluding hydrogens is 292 g/mol. The topological polar surface area (TPSA) is 44.8 Å². The summed E-state index contributed by atoms with van der Waals surface area (Å²) in [6.07, 6.45) is 7.73. The van der Waals surface area contributed by atoms with Gasteiger partial charge in [-0.25, -0.2) is 4.79 Å². The van der Waals surface area contributed by atoms with Crippen LogP contribution in [0.4, 0.5) is 0 Å². The molecule has 1 aromatic carbocycles. The van der Waals surface area contributed by atoms with Crippen LogP contribution in [-0.4, -0.2) is 26.5 Å². The predicted molar refractivity (Wildman–Crippen MR) is 92.2 cm³/mol. The highest BCUT2D eigenvalue weighted by Crippen LogP contribution is 2.14. The zero-order valence-electron chi connectivity index (χ0n) is 14.4. The lowest BCUT2D eigenvalue weighted by Gasteiger charge is -2.13. The highest BCUT2D eigenvalue weighted by molar-refractivity contribution is 5.87. The number of unbranched alkanes of at least 4 members (excludes halogenated alkanes) is 1. The van der Waals surface area contributed by atoms with E-state index in [1.54, 1.807) is 13.2 Å². The maximum absolute atomic E-state index is 11.8. The molecule has 0 fully saturated rings. The first-order valence-corrected chi connectivity index (χ1v) is 8.26. The first-order chi connectivity index (χ1) is 11.2. The Morgan fingerprint density at radius 1 is 1.22 bits per heavy atom. The third kappa shape index (κ3) is 8.41. The van der Waals surface area contributed by atoms with Crippen molar-refractivity contribution in [2.24, 2.45) is 5.92 Å². The molecule has 4 heteroatoms. The fraction of sp³-hybridized carbons (Fsp3) is 0.526. The third-order valence-electron chi connectivity index (χ3n) is 3.64. The van der Waals surface area contributed by atoms with Gasteiger partial charge in [0.1, 0.15) is 5.75 Å². The molecule has 0 aliphatic rings. The Labute approximate surface area is 139 Å². The van der Waals surface area contributed by atoms with Crippen LogP contribution in [0.15, 0.2) is 30.3 Å². The molecule has 0 aliphatic heterocycles. The summed E-state index contributed by atoms with van der Waals surface area (Å²) in [7, 11) is 1.58. The van der Waals surface area contributed by atoms with Gasteiger partial charge in [-0.15, -0.1) is 0 Å². The molecule has 0 spiro atoms. The molecule has 0 N–H and O–H groups in total. The molecule has 0 aliphatic carbocycles. The lowest BCUT2D eigenvalue weighted by molar-refractivity contribution is -0.139. The molecule has 4 nitrogen and oxygen atoms in total. The van der Waals surface area contributed by atoms with E-state index in [1.807, 2.05) is 24.3 Å². The summed E-state index contributed by atoms with van der Waals surface area (Å²) in [5, 5.41) is 0. The molecule has 0 saturated heterocycles. The highest BCUT2D eigenvalue weighted by atomic mass is 16.7. The highest BCUT2D eigenvalue weighted by Gasteiger charge is 2.08. The zero-order chi connectivity index (χ0) is 16.9. The van der Waals surface area contributed by atoms with Crippen LogP contribution in [0, 0.1) is 5.92 Å². The second-order valence-electron chi connectivity index (χ2n) is 5.50. The molecule has 0 bridgehead atoms. The maximum atomic E-state index is 11.8. The van der Waals surface area contributed by atoms with Crippen LogP contribution in [0.3, 0.4) is 0 Å². The summed E-state index contributed by atoms with van der Waals surface area (Å²) < 4.78 is 15.5. The molecule has 1 aromatic rings. The Morgan fingerprint density at radius 2 is 1.96 bits per heavy atom. The van der Waals surface area contributed by atoms with Gasteiger partial charge in [-0.05, 0) is 36.1 Å².